The molecule has 0 aromatic carbocycles. The second-order valence-corrected chi connectivity index (χ2v) is 0.735. The Hall–Kier alpha value is -0.720. The third kappa shape index (κ3) is 32.9. The van der Waals surface area contributed by atoms with Crippen molar-refractivity contribution in [2.24, 2.45) is 0 Å². The van der Waals surface area contributed by atoms with E-state index in [4.69, 9.17) is 5.11 Å². The Labute approximate surface area is 38.6 Å². The van der Waals surface area contributed by atoms with Crippen molar-refractivity contribution in [3.8, 4) is 0 Å². The first-order valence-corrected chi connectivity index (χ1v) is 1.58. The first-order chi connectivity index (χ1) is 2.73. The zero-order valence-electron chi connectivity index (χ0n) is 4.07. The van der Waals surface area contributed by atoms with Gasteiger partial charge >= 0.3 is 0 Å². The van der Waals surface area contributed by atoms with Crippen molar-refractivity contribution >= 4 is 0 Å². The average molecular weight is 86.1 g/mol. The molecule has 0 aromatic rings. The van der Waals surface area contributed by atoms with Crippen molar-refractivity contribution in [1.29, 1.82) is 0 Å². The molecule has 0 aromatic heterocycles. The molecule has 0 saturated heterocycles. The highest BCUT2D eigenvalue weighted by atomic mass is 16.3. The number of allylic oxidation sites excluding steroid dienone is 1. The molecule has 1 N–H and O–H groups in total. The van der Waals surface area contributed by atoms with Crippen LogP contribution in [0.4, 0.5) is 0 Å². The van der Waals surface area contributed by atoms with Gasteiger partial charge in [-0.3, -0.25) is 0 Å². The van der Waals surface area contributed by atoms with Crippen LogP contribution in [0.5, 0.6) is 0 Å². The molecule has 0 aliphatic heterocycles. The lowest BCUT2D eigenvalue weighted by Crippen LogP contribution is -1.54. The molecule has 0 aliphatic carbocycles. The summed E-state index contributed by atoms with van der Waals surface area (Å²) in [5.41, 5.74) is 0. The Kier molecular flexibility index (Phi) is 13.3. The third-order valence-corrected chi connectivity index (χ3v) is 0. The van der Waals surface area contributed by atoms with E-state index < -0.39 is 0 Å². The highest BCUT2D eigenvalue weighted by Crippen LogP contribution is 1.66. The van der Waals surface area contributed by atoms with E-state index in [-0.39, 0.29) is 5.76 Å². The zero-order valence-corrected chi connectivity index (χ0v) is 4.07. The van der Waals surface area contributed by atoms with Gasteiger partial charge in [-0.1, -0.05) is 6.58 Å². The summed E-state index contributed by atoms with van der Waals surface area (Å²) >= 11 is 0. The van der Waals surface area contributed by atoms with Crippen LogP contribution in [0.25, 0.3) is 0 Å². The molecule has 0 heterocycles. The normalized spacial score (nSPS) is 4.83. The smallest absolute Gasteiger partial charge is 0.0820 e. The van der Waals surface area contributed by atoms with E-state index in [1.165, 1.54) is 6.92 Å². The molecule has 0 fully saturated rings. The quantitative estimate of drug-likeness (QED) is 0.352. The molecular weight excluding hydrogens is 76.1 g/mol. The summed E-state index contributed by atoms with van der Waals surface area (Å²) in [4.78, 5) is 0. The lowest BCUT2D eigenvalue weighted by molar-refractivity contribution is 0.417. The molecule has 0 atom stereocenters. The molecule has 0 spiro atoms. The van der Waals surface area contributed by atoms with Gasteiger partial charge in [-0.2, -0.15) is 0 Å². The Morgan fingerprint density at radius 1 is 1.50 bits per heavy atom. The van der Waals surface area contributed by atoms with Crippen LogP contribution in [0.15, 0.2) is 25.5 Å². The lowest BCUT2D eigenvalue weighted by atomic mass is 10.7. The SMILES string of the molecule is C=C.C=C(C)O. The van der Waals surface area contributed by atoms with E-state index in [0.29, 0.717) is 0 Å². The molecule has 0 radical (unpaired) electrons. The molecule has 0 unspecified atom stereocenters. The van der Waals surface area contributed by atoms with Crippen LogP contribution in [0.3, 0.4) is 0 Å². The van der Waals surface area contributed by atoms with Crippen molar-refractivity contribution < 1.29 is 5.11 Å². The fraction of sp³-hybridized carbons (Fsp3) is 0.200. The van der Waals surface area contributed by atoms with Gasteiger partial charge in [0.05, 0.1) is 5.76 Å². The summed E-state index contributed by atoms with van der Waals surface area (Å²) < 4.78 is 0. The summed E-state index contributed by atoms with van der Waals surface area (Å²) in [5.74, 6) is 0.167. The number of hydrogen-bond donors (Lipinski definition) is 1. The Balaban J connectivity index is 0. The second kappa shape index (κ2) is 8.86. The van der Waals surface area contributed by atoms with Crippen LogP contribution in [-0.2, 0) is 0 Å². The van der Waals surface area contributed by atoms with E-state index in [1.807, 2.05) is 0 Å². The molecule has 1 nitrogen and oxygen atoms in total. The van der Waals surface area contributed by atoms with Crippen molar-refractivity contribution in [3.63, 3.8) is 0 Å². The van der Waals surface area contributed by atoms with Gasteiger partial charge in [-0.25, -0.2) is 0 Å². The summed E-state index contributed by atoms with van der Waals surface area (Å²) in [6.07, 6.45) is 0. The maximum absolute atomic E-state index is 7.86. The molecular formula is C5H10O. The predicted octanol–water partition coefficient (Wildman–Crippen LogP) is 1.88. The predicted molar refractivity (Wildman–Crippen MR) is 28.7 cm³/mol. The van der Waals surface area contributed by atoms with Crippen LogP contribution >= 0.6 is 0 Å². The highest BCUT2D eigenvalue weighted by molar-refractivity contribution is 4.67. The van der Waals surface area contributed by atoms with Gasteiger partial charge in [0.1, 0.15) is 0 Å². The van der Waals surface area contributed by atoms with Crippen molar-refractivity contribution in [2.45, 2.75) is 6.92 Å². The minimum atomic E-state index is 0.167. The van der Waals surface area contributed by atoms with E-state index in [9.17, 15) is 0 Å². The molecule has 0 rings (SSSR count). The van der Waals surface area contributed by atoms with Gasteiger partial charge in [-0.15, -0.1) is 13.2 Å². The minimum Gasteiger partial charge on any atom is -0.513 e. The van der Waals surface area contributed by atoms with E-state index in [1.54, 1.807) is 0 Å². The monoisotopic (exact) mass is 86.1 g/mol. The number of hydrogen-bond acceptors (Lipinski definition) is 1. The standard InChI is InChI=1S/C3H6O.C2H4/c1-3(2)4;1-2/h4H,1H2,2H3;1-2H2. The maximum Gasteiger partial charge on any atom is 0.0820 e. The Morgan fingerprint density at radius 2 is 1.50 bits per heavy atom. The van der Waals surface area contributed by atoms with Gasteiger partial charge in [0, 0.05) is 0 Å². The highest BCUT2D eigenvalue weighted by Gasteiger charge is 1.53. The molecule has 6 heavy (non-hydrogen) atoms. The second-order valence-electron chi connectivity index (χ2n) is 0.735. The molecule has 0 saturated carbocycles. The summed E-state index contributed by atoms with van der Waals surface area (Å²) in [5, 5.41) is 7.86. The maximum atomic E-state index is 7.86. The Morgan fingerprint density at radius 3 is 1.50 bits per heavy atom. The van der Waals surface area contributed by atoms with Crippen LogP contribution in [0.1, 0.15) is 6.92 Å². The fourth-order valence-electron chi connectivity index (χ4n) is 0. The number of rotatable bonds is 0. The van der Waals surface area contributed by atoms with Crippen LogP contribution in [0.2, 0.25) is 0 Å². The van der Waals surface area contributed by atoms with Crippen LogP contribution in [-0.4, -0.2) is 5.11 Å². The first kappa shape index (κ1) is 8.99. The van der Waals surface area contributed by atoms with E-state index >= 15 is 0 Å². The first-order valence-electron chi connectivity index (χ1n) is 1.58. The summed E-state index contributed by atoms with van der Waals surface area (Å²) in [6.45, 7) is 10.6. The van der Waals surface area contributed by atoms with Crippen LogP contribution in [0, 0.1) is 0 Å². The van der Waals surface area contributed by atoms with Gasteiger partial charge in [0.25, 0.3) is 0 Å². The number of aliphatic hydroxyl groups is 1. The molecule has 36 valence electrons. The van der Waals surface area contributed by atoms with Gasteiger partial charge in [-0.05, 0) is 6.92 Å². The Bertz CT molecular complexity index is 35.2. The lowest BCUT2D eigenvalue weighted by Gasteiger charge is -1.68. The summed E-state index contributed by atoms with van der Waals surface area (Å²) in [6, 6.07) is 0. The van der Waals surface area contributed by atoms with Gasteiger partial charge in [0.2, 0.25) is 0 Å². The van der Waals surface area contributed by atoms with Gasteiger partial charge < -0.3 is 5.11 Å². The molecule has 0 bridgehead atoms. The molecule has 1 heteroatoms. The van der Waals surface area contributed by atoms with E-state index in [2.05, 4.69) is 19.7 Å². The third-order valence-electron chi connectivity index (χ3n) is 0. The van der Waals surface area contributed by atoms with E-state index in [0.717, 1.165) is 0 Å². The van der Waals surface area contributed by atoms with Crippen LogP contribution < -0.4 is 0 Å². The van der Waals surface area contributed by atoms with Crippen molar-refractivity contribution in [3.05, 3.63) is 25.5 Å². The molecule has 0 amide bonds. The van der Waals surface area contributed by atoms with Gasteiger partial charge in [0.15, 0.2) is 0 Å². The van der Waals surface area contributed by atoms with Crippen molar-refractivity contribution in [1.82, 2.24) is 0 Å². The average Bonchev–Trinajstić information content (AvgIpc) is 1.41. The summed E-state index contributed by atoms with van der Waals surface area (Å²) in [7, 11) is 0. The fourth-order valence-corrected chi connectivity index (χ4v) is 0. The largest absolute Gasteiger partial charge is 0.513 e. The van der Waals surface area contributed by atoms with Crippen molar-refractivity contribution in [2.75, 3.05) is 0 Å². The number of aliphatic hydroxyl groups excluding tert-OH is 1. The minimum absolute atomic E-state index is 0.167. The molecule has 0 aliphatic rings. The zero-order chi connectivity index (χ0) is 5.58. The topological polar surface area (TPSA) is 20.2 Å².